The van der Waals surface area contributed by atoms with Gasteiger partial charge in [-0.05, 0) is 26.0 Å². The van der Waals surface area contributed by atoms with Crippen molar-refractivity contribution in [2.75, 3.05) is 6.61 Å². The average Bonchev–Trinajstić information content (AvgIpc) is 2.31. The van der Waals surface area contributed by atoms with E-state index in [0.29, 0.717) is 6.42 Å². The number of nitriles is 1. The van der Waals surface area contributed by atoms with Gasteiger partial charge in [0.25, 0.3) is 0 Å². The first-order valence-corrected chi connectivity index (χ1v) is 4.82. The highest BCUT2D eigenvalue weighted by Crippen LogP contribution is 2.22. The highest BCUT2D eigenvalue weighted by Gasteiger charge is 2.30. The van der Waals surface area contributed by atoms with E-state index in [-0.39, 0.29) is 11.5 Å². The van der Waals surface area contributed by atoms with Gasteiger partial charge >= 0.3 is 0 Å². The molecule has 0 aromatic carbocycles. The molecular formula is C11H17NO3. The summed E-state index contributed by atoms with van der Waals surface area (Å²) in [6.07, 6.45) is 3.35. The Balaban J connectivity index is 4.91. The number of ether oxygens (including phenoxy) is 1. The molecule has 0 spiro atoms. The van der Waals surface area contributed by atoms with E-state index in [9.17, 15) is 5.11 Å². The second-order valence-electron chi connectivity index (χ2n) is 3.05. The van der Waals surface area contributed by atoms with Crippen molar-refractivity contribution < 1.29 is 14.9 Å². The summed E-state index contributed by atoms with van der Waals surface area (Å²) in [5, 5.41) is 27.5. The molecular weight excluding hydrogens is 194 g/mol. The largest absolute Gasteiger partial charge is 0.504 e. The fourth-order valence-electron chi connectivity index (χ4n) is 0.965. The van der Waals surface area contributed by atoms with Crippen LogP contribution in [0.25, 0.3) is 0 Å². The third-order valence-electron chi connectivity index (χ3n) is 2.12. The average molecular weight is 211 g/mol. The number of rotatable bonds is 5. The molecule has 0 amide bonds. The summed E-state index contributed by atoms with van der Waals surface area (Å²) >= 11 is 0. The van der Waals surface area contributed by atoms with Crippen LogP contribution in [-0.4, -0.2) is 22.4 Å². The van der Waals surface area contributed by atoms with E-state index in [1.165, 1.54) is 6.08 Å². The van der Waals surface area contributed by atoms with Gasteiger partial charge in [-0.1, -0.05) is 6.92 Å². The Labute approximate surface area is 90.1 Å². The molecule has 0 aliphatic heterocycles. The summed E-state index contributed by atoms with van der Waals surface area (Å²) in [5.41, 5.74) is -1.28. The molecule has 0 saturated carbocycles. The molecule has 0 rings (SSSR count). The van der Waals surface area contributed by atoms with Crippen molar-refractivity contribution in [3.63, 3.8) is 0 Å². The summed E-state index contributed by atoms with van der Waals surface area (Å²) in [4.78, 5) is 0. The van der Waals surface area contributed by atoms with Crippen LogP contribution in [0.5, 0.6) is 0 Å². The maximum atomic E-state index is 9.44. The zero-order valence-corrected chi connectivity index (χ0v) is 9.32. The second-order valence-corrected chi connectivity index (χ2v) is 3.05. The van der Waals surface area contributed by atoms with Crippen LogP contribution >= 0.6 is 0 Å². The van der Waals surface area contributed by atoms with Crippen molar-refractivity contribution in [3.8, 4) is 6.07 Å². The van der Waals surface area contributed by atoms with Crippen molar-refractivity contribution in [1.29, 1.82) is 5.26 Å². The lowest BCUT2D eigenvalue weighted by Gasteiger charge is -2.25. The standard InChI is InChI=1S/C11H17NO3/c1-4-9(14)10(5-2)15-11(6-3,7-12)8-13/h4-5,13-14H,6,8H2,1-3H3. The summed E-state index contributed by atoms with van der Waals surface area (Å²) in [5.74, 6) is 0.161. The lowest BCUT2D eigenvalue weighted by atomic mass is 10.0. The van der Waals surface area contributed by atoms with Crippen LogP contribution in [0.2, 0.25) is 0 Å². The molecule has 0 aliphatic carbocycles. The number of nitrogens with zero attached hydrogens (tertiary/aromatic N) is 1. The normalized spacial score (nSPS) is 16.7. The van der Waals surface area contributed by atoms with E-state index in [0.717, 1.165) is 0 Å². The van der Waals surface area contributed by atoms with Gasteiger partial charge in [-0.15, -0.1) is 0 Å². The fourth-order valence-corrected chi connectivity index (χ4v) is 0.965. The van der Waals surface area contributed by atoms with Gasteiger partial charge < -0.3 is 14.9 Å². The van der Waals surface area contributed by atoms with Crippen molar-refractivity contribution in [2.45, 2.75) is 32.8 Å². The van der Waals surface area contributed by atoms with E-state index in [2.05, 4.69) is 0 Å². The molecule has 0 heterocycles. The minimum absolute atomic E-state index is 0.0426. The molecule has 0 aromatic rings. The lowest BCUT2D eigenvalue weighted by molar-refractivity contribution is -0.00334. The van der Waals surface area contributed by atoms with Gasteiger partial charge in [0.05, 0.1) is 6.61 Å². The predicted molar refractivity (Wildman–Crippen MR) is 56.9 cm³/mol. The molecule has 0 aliphatic rings. The zero-order chi connectivity index (χ0) is 11.9. The molecule has 0 saturated heterocycles. The minimum Gasteiger partial charge on any atom is -0.504 e. The van der Waals surface area contributed by atoms with Gasteiger partial charge in [-0.3, -0.25) is 0 Å². The quantitative estimate of drug-likeness (QED) is 0.539. The predicted octanol–water partition coefficient (Wildman–Crippen LogP) is 2.03. The van der Waals surface area contributed by atoms with Crippen LogP contribution in [0.4, 0.5) is 0 Å². The summed E-state index contributed by atoms with van der Waals surface area (Å²) in [7, 11) is 0. The summed E-state index contributed by atoms with van der Waals surface area (Å²) < 4.78 is 5.32. The van der Waals surface area contributed by atoms with E-state index >= 15 is 0 Å². The van der Waals surface area contributed by atoms with E-state index < -0.39 is 12.2 Å². The topological polar surface area (TPSA) is 73.5 Å². The van der Waals surface area contributed by atoms with Crippen LogP contribution in [0.15, 0.2) is 23.7 Å². The van der Waals surface area contributed by atoms with Crippen LogP contribution in [0.1, 0.15) is 27.2 Å². The molecule has 2 N–H and O–H groups in total. The first-order chi connectivity index (χ1) is 7.09. The SMILES string of the molecule is CC=C(O)C(=CC)OC(C#N)(CC)CO. The highest BCUT2D eigenvalue weighted by molar-refractivity contribution is 5.20. The van der Waals surface area contributed by atoms with Crippen LogP contribution in [-0.2, 0) is 4.74 Å². The van der Waals surface area contributed by atoms with E-state index in [4.69, 9.17) is 15.1 Å². The number of hydrogen-bond acceptors (Lipinski definition) is 4. The first kappa shape index (κ1) is 13.5. The molecule has 0 bridgehead atoms. The van der Waals surface area contributed by atoms with Crippen LogP contribution < -0.4 is 0 Å². The van der Waals surface area contributed by atoms with Crippen molar-refractivity contribution in [3.05, 3.63) is 23.7 Å². The Morgan fingerprint density at radius 1 is 1.47 bits per heavy atom. The maximum absolute atomic E-state index is 9.44. The van der Waals surface area contributed by atoms with E-state index in [1.807, 2.05) is 6.07 Å². The molecule has 0 aromatic heterocycles. The molecule has 1 atom stereocenters. The molecule has 0 radical (unpaired) electrons. The third-order valence-corrected chi connectivity index (χ3v) is 2.12. The first-order valence-electron chi connectivity index (χ1n) is 4.82. The van der Waals surface area contributed by atoms with Gasteiger partial charge in [0.1, 0.15) is 6.07 Å². The minimum atomic E-state index is -1.28. The molecule has 4 heteroatoms. The van der Waals surface area contributed by atoms with Crippen molar-refractivity contribution in [2.24, 2.45) is 0 Å². The van der Waals surface area contributed by atoms with Gasteiger partial charge in [-0.2, -0.15) is 5.26 Å². The monoisotopic (exact) mass is 211 g/mol. The number of hydrogen-bond donors (Lipinski definition) is 2. The Morgan fingerprint density at radius 3 is 2.33 bits per heavy atom. The summed E-state index contributed by atoms with van der Waals surface area (Å²) in [6, 6.07) is 1.91. The van der Waals surface area contributed by atoms with Gasteiger partial charge in [-0.25, -0.2) is 0 Å². The number of aliphatic hydroxyl groups is 2. The van der Waals surface area contributed by atoms with Gasteiger partial charge in [0.2, 0.25) is 5.60 Å². The zero-order valence-electron chi connectivity index (χ0n) is 9.32. The molecule has 15 heavy (non-hydrogen) atoms. The molecule has 4 nitrogen and oxygen atoms in total. The summed E-state index contributed by atoms with van der Waals surface area (Å²) in [6.45, 7) is 4.67. The Hall–Kier alpha value is -1.47. The van der Waals surface area contributed by atoms with Crippen LogP contribution in [0, 0.1) is 11.3 Å². The fraction of sp³-hybridized carbons (Fsp3) is 0.545. The smallest absolute Gasteiger partial charge is 0.216 e. The number of allylic oxidation sites excluding steroid dienone is 2. The second kappa shape index (κ2) is 6.10. The molecule has 84 valence electrons. The third kappa shape index (κ3) is 3.30. The van der Waals surface area contributed by atoms with Crippen molar-refractivity contribution >= 4 is 0 Å². The highest BCUT2D eigenvalue weighted by atomic mass is 16.5. The van der Waals surface area contributed by atoms with Crippen LogP contribution in [0.3, 0.4) is 0 Å². The number of aliphatic hydroxyl groups excluding tert-OH is 2. The maximum Gasteiger partial charge on any atom is 0.216 e. The Kier molecular flexibility index (Phi) is 5.50. The lowest BCUT2D eigenvalue weighted by Crippen LogP contribution is -2.34. The molecule has 0 fully saturated rings. The van der Waals surface area contributed by atoms with E-state index in [1.54, 1.807) is 26.8 Å². The Bertz CT molecular complexity index is 295. The van der Waals surface area contributed by atoms with Gasteiger partial charge in [0.15, 0.2) is 11.5 Å². The van der Waals surface area contributed by atoms with Crippen molar-refractivity contribution in [1.82, 2.24) is 0 Å². The molecule has 1 unspecified atom stereocenters. The van der Waals surface area contributed by atoms with Gasteiger partial charge in [0, 0.05) is 6.42 Å². The Morgan fingerprint density at radius 2 is 2.07 bits per heavy atom.